The van der Waals surface area contributed by atoms with E-state index in [0.29, 0.717) is 0 Å². The highest BCUT2D eigenvalue weighted by atomic mass is 35.5. The van der Waals surface area contributed by atoms with Crippen LogP contribution in [0.2, 0.25) is 5.02 Å². The average Bonchev–Trinajstić information content (AvgIpc) is 2.42. The zero-order valence-corrected chi connectivity index (χ0v) is 13.9. The van der Waals surface area contributed by atoms with E-state index in [0.717, 1.165) is 34.9 Å². The molecular formula is C17H27ClN2. The standard InChI is InChI=1S/C17H27ClN2/c1-12-7-9-17(10-8-12,20(3)4)16(19)14-6-5-13(2)15(18)11-14/h5-6,11-12,16H,7-10,19H2,1-4H3. The minimum atomic E-state index is 0.0168. The molecule has 1 aromatic carbocycles. The summed E-state index contributed by atoms with van der Waals surface area (Å²) in [6.07, 6.45) is 4.83. The van der Waals surface area contributed by atoms with Crippen LogP contribution in [-0.4, -0.2) is 24.5 Å². The molecule has 0 saturated heterocycles. The summed E-state index contributed by atoms with van der Waals surface area (Å²) in [7, 11) is 4.32. The highest BCUT2D eigenvalue weighted by Gasteiger charge is 2.42. The molecule has 2 rings (SSSR count). The van der Waals surface area contributed by atoms with Gasteiger partial charge in [0.2, 0.25) is 0 Å². The van der Waals surface area contributed by atoms with Crippen molar-refractivity contribution in [1.82, 2.24) is 4.90 Å². The van der Waals surface area contributed by atoms with Gasteiger partial charge in [-0.05, 0) is 69.8 Å². The first-order chi connectivity index (χ1) is 9.36. The lowest BCUT2D eigenvalue weighted by molar-refractivity contribution is 0.0564. The minimum Gasteiger partial charge on any atom is -0.322 e. The Morgan fingerprint density at radius 3 is 2.40 bits per heavy atom. The van der Waals surface area contributed by atoms with E-state index >= 15 is 0 Å². The Morgan fingerprint density at radius 1 is 1.30 bits per heavy atom. The van der Waals surface area contributed by atoms with Crippen molar-refractivity contribution < 1.29 is 0 Å². The number of aryl methyl sites for hydroxylation is 1. The number of hydrogen-bond acceptors (Lipinski definition) is 2. The number of likely N-dealkylation sites (N-methyl/N-ethyl adjacent to an activating group) is 1. The Bertz CT molecular complexity index is 462. The first-order valence-electron chi connectivity index (χ1n) is 7.56. The largest absolute Gasteiger partial charge is 0.322 e. The van der Waals surface area contributed by atoms with Crippen LogP contribution in [0.25, 0.3) is 0 Å². The van der Waals surface area contributed by atoms with E-state index in [1.54, 1.807) is 0 Å². The van der Waals surface area contributed by atoms with Gasteiger partial charge < -0.3 is 10.6 Å². The van der Waals surface area contributed by atoms with Crippen molar-refractivity contribution in [3.63, 3.8) is 0 Å². The van der Waals surface area contributed by atoms with Crippen LogP contribution in [-0.2, 0) is 0 Å². The Morgan fingerprint density at radius 2 is 1.90 bits per heavy atom. The molecule has 1 unspecified atom stereocenters. The van der Waals surface area contributed by atoms with Crippen molar-refractivity contribution in [3.8, 4) is 0 Å². The molecule has 0 bridgehead atoms. The van der Waals surface area contributed by atoms with Gasteiger partial charge in [-0.1, -0.05) is 30.7 Å². The maximum Gasteiger partial charge on any atom is 0.0482 e. The predicted molar refractivity (Wildman–Crippen MR) is 87.2 cm³/mol. The molecule has 1 aromatic rings. The van der Waals surface area contributed by atoms with Crippen LogP contribution in [0.15, 0.2) is 18.2 Å². The van der Waals surface area contributed by atoms with E-state index in [9.17, 15) is 0 Å². The summed E-state index contributed by atoms with van der Waals surface area (Å²) in [5.41, 5.74) is 9.00. The summed E-state index contributed by atoms with van der Waals surface area (Å²) in [6, 6.07) is 6.27. The van der Waals surface area contributed by atoms with Crippen LogP contribution in [0.1, 0.15) is 49.8 Å². The van der Waals surface area contributed by atoms with Gasteiger partial charge in [0.25, 0.3) is 0 Å². The number of nitrogens with zero attached hydrogens (tertiary/aromatic N) is 1. The third-order valence-electron chi connectivity index (χ3n) is 5.16. The Balaban J connectivity index is 2.31. The quantitative estimate of drug-likeness (QED) is 0.907. The first-order valence-corrected chi connectivity index (χ1v) is 7.93. The molecule has 0 heterocycles. The van der Waals surface area contributed by atoms with Crippen LogP contribution in [0, 0.1) is 12.8 Å². The van der Waals surface area contributed by atoms with E-state index in [2.05, 4.69) is 38.1 Å². The van der Waals surface area contributed by atoms with Gasteiger partial charge in [-0.15, -0.1) is 0 Å². The molecule has 0 aliphatic heterocycles. The third kappa shape index (κ3) is 2.88. The second-order valence-corrected chi connectivity index (χ2v) is 7.07. The molecule has 2 nitrogen and oxygen atoms in total. The molecule has 20 heavy (non-hydrogen) atoms. The molecule has 1 aliphatic rings. The molecule has 1 atom stereocenters. The summed E-state index contributed by atoms with van der Waals surface area (Å²) in [5, 5.41) is 0.816. The van der Waals surface area contributed by atoms with Gasteiger partial charge >= 0.3 is 0 Å². The van der Waals surface area contributed by atoms with Gasteiger partial charge in [-0.3, -0.25) is 0 Å². The molecule has 0 spiro atoms. The van der Waals surface area contributed by atoms with Gasteiger partial charge in [-0.2, -0.15) is 0 Å². The highest BCUT2D eigenvalue weighted by Crippen LogP contribution is 2.42. The lowest BCUT2D eigenvalue weighted by Crippen LogP contribution is -2.54. The first kappa shape index (κ1) is 15.8. The van der Waals surface area contributed by atoms with Gasteiger partial charge in [0.15, 0.2) is 0 Å². The van der Waals surface area contributed by atoms with E-state index in [1.165, 1.54) is 12.8 Å². The van der Waals surface area contributed by atoms with Gasteiger partial charge in [0.1, 0.15) is 0 Å². The lowest BCUT2D eigenvalue weighted by Gasteiger charge is -2.48. The summed E-state index contributed by atoms with van der Waals surface area (Å²) in [5.74, 6) is 0.817. The molecule has 0 amide bonds. The zero-order chi connectivity index (χ0) is 14.9. The second kappa shape index (κ2) is 6.05. The van der Waals surface area contributed by atoms with Crippen molar-refractivity contribution >= 4 is 11.6 Å². The maximum absolute atomic E-state index is 6.67. The van der Waals surface area contributed by atoms with Gasteiger partial charge in [0.05, 0.1) is 0 Å². The second-order valence-electron chi connectivity index (χ2n) is 6.67. The van der Waals surface area contributed by atoms with Crippen molar-refractivity contribution in [2.75, 3.05) is 14.1 Å². The topological polar surface area (TPSA) is 29.3 Å². The van der Waals surface area contributed by atoms with Crippen LogP contribution in [0.5, 0.6) is 0 Å². The van der Waals surface area contributed by atoms with Crippen LogP contribution >= 0.6 is 11.6 Å². The molecular weight excluding hydrogens is 268 g/mol. The molecule has 1 aliphatic carbocycles. The summed E-state index contributed by atoms with van der Waals surface area (Å²) in [6.45, 7) is 4.37. The van der Waals surface area contributed by atoms with Crippen LogP contribution < -0.4 is 5.73 Å². The zero-order valence-electron chi connectivity index (χ0n) is 13.1. The smallest absolute Gasteiger partial charge is 0.0482 e. The van der Waals surface area contributed by atoms with Gasteiger partial charge in [0, 0.05) is 16.6 Å². The number of nitrogens with two attached hydrogens (primary N) is 1. The number of benzene rings is 1. The van der Waals surface area contributed by atoms with Crippen molar-refractivity contribution in [2.45, 2.75) is 51.1 Å². The van der Waals surface area contributed by atoms with Crippen molar-refractivity contribution in [3.05, 3.63) is 34.3 Å². The highest BCUT2D eigenvalue weighted by molar-refractivity contribution is 6.31. The fourth-order valence-electron chi connectivity index (χ4n) is 3.41. The SMILES string of the molecule is Cc1ccc(C(N)C2(N(C)C)CCC(C)CC2)cc1Cl. The molecule has 0 radical (unpaired) electrons. The van der Waals surface area contributed by atoms with E-state index in [4.69, 9.17) is 17.3 Å². The normalized spacial score (nSPS) is 28.6. The van der Waals surface area contributed by atoms with Gasteiger partial charge in [-0.25, -0.2) is 0 Å². The maximum atomic E-state index is 6.67. The molecule has 3 heteroatoms. The lowest BCUT2D eigenvalue weighted by atomic mass is 9.70. The average molecular weight is 295 g/mol. The predicted octanol–water partition coefficient (Wildman–Crippen LogP) is 4.16. The molecule has 1 fully saturated rings. The molecule has 0 aromatic heterocycles. The Hall–Kier alpha value is -0.570. The van der Waals surface area contributed by atoms with Crippen molar-refractivity contribution in [2.24, 2.45) is 11.7 Å². The summed E-state index contributed by atoms with van der Waals surface area (Å²) < 4.78 is 0. The van der Waals surface area contributed by atoms with E-state index in [-0.39, 0.29) is 11.6 Å². The van der Waals surface area contributed by atoms with E-state index in [1.807, 2.05) is 13.0 Å². The summed E-state index contributed by atoms with van der Waals surface area (Å²) in [4.78, 5) is 2.33. The fraction of sp³-hybridized carbons (Fsp3) is 0.647. The van der Waals surface area contributed by atoms with Crippen LogP contribution in [0.4, 0.5) is 0 Å². The molecule has 2 N–H and O–H groups in total. The third-order valence-corrected chi connectivity index (χ3v) is 5.57. The monoisotopic (exact) mass is 294 g/mol. The number of hydrogen-bond donors (Lipinski definition) is 1. The molecule has 112 valence electrons. The number of halogens is 1. The number of rotatable bonds is 3. The van der Waals surface area contributed by atoms with E-state index < -0.39 is 0 Å². The fourth-order valence-corrected chi connectivity index (χ4v) is 3.60. The van der Waals surface area contributed by atoms with Crippen molar-refractivity contribution in [1.29, 1.82) is 0 Å². The van der Waals surface area contributed by atoms with Crippen LogP contribution in [0.3, 0.4) is 0 Å². The molecule has 1 saturated carbocycles. The minimum absolute atomic E-state index is 0.0168. The Kier molecular flexibility index (Phi) is 4.78. The Labute approximate surface area is 128 Å². The summed E-state index contributed by atoms with van der Waals surface area (Å²) >= 11 is 6.28.